The molecule has 1 heterocycles. The van der Waals surface area contributed by atoms with Crippen LogP contribution in [0.1, 0.15) is 11.8 Å². The van der Waals surface area contributed by atoms with Crippen molar-refractivity contribution in [3.05, 3.63) is 33.7 Å². The molecule has 1 aromatic carbocycles. The third-order valence-electron chi connectivity index (χ3n) is 2.50. The number of benzene rings is 1. The number of methoxy groups -OCH3 is 1. The Bertz CT molecular complexity index is 615. The molecule has 0 saturated carbocycles. The van der Waals surface area contributed by atoms with Crippen LogP contribution < -0.4 is 15.4 Å². The third kappa shape index (κ3) is 3.85. The van der Waals surface area contributed by atoms with Gasteiger partial charge in [-0.15, -0.1) is 11.3 Å². The lowest BCUT2D eigenvalue weighted by Gasteiger charge is -2.12. The Kier molecular flexibility index (Phi) is 4.81. The second-order valence-electron chi connectivity index (χ2n) is 4.03. The molecule has 0 atom stereocenters. The van der Waals surface area contributed by atoms with E-state index >= 15 is 0 Å². The quantitative estimate of drug-likeness (QED) is 0.888. The number of amides is 1. The van der Waals surface area contributed by atoms with Gasteiger partial charge < -0.3 is 15.4 Å². The number of halogens is 1. The Hall–Kier alpha value is -1.79. The highest BCUT2D eigenvalue weighted by Gasteiger charge is 2.06. The number of ether oxygens (including phenoxy) is 1. The fraction of sp³-hybridized carbons (Fsp3) is 0.231. The molecule has 7 heteroatoms. The number of carbonyl (C=O) groups excluding carboxylic acids is 1. The summed E-state index contributed by atoms with van der Waals surface area (Å²) in [4.78, 5) is 16.1. The predicted molar refractivity (Wildman–Crippen MR) is 81.7 cm³/mol. The van der Waals surface area contributed by atoms with Crippen LogP contribution in [0, 0.1) is 0 Å². The largest absolute Gasteiger partial charge is 0.495 e. The molecular weight excluding hydrogens is 298 g/mol. The first kappa shape index (κ1) is 14.6. The van der Waals surface area contributed by atoms with Gasteiger partial charge in [-0.3, -0.25) is 4.79 Å². The maximum atomic E-state index is 11.1. The van der Waals surface area contributed by atoms with Crippen LogP contribution in [0.15, 0.2) is 24.4 Å². The third-order valence-corrected chi connectivity index (χ3v) is 3.61. The first-order valence-electron chi connectivity index (χ1n) is 5.88. The van der Waals surface area contributed by atoms with Crippen molar-refractivity contribution in [1.29, 1.82) is 0 Å². The van der Waals surface area contributed by atoms with Gasteiger partial charge in [0, 0.05) is 23.7 Å². The molecule has 1 amide bonds. The van der Waals surface area contributed by atoms with Crippen molar-refractivity contribution in [3.63, 3.8) is 0 Å². The van der Waals surface area contributed by atoms with Crippen molar-refractivity contribution >= 4 is 40.2 Å². The minimum Gasteiger partial charge on any atom is -0.495 e. The summed E-state index contributed by atoms with van der Waals surface area (Å²) in [6.45, 7) is 2.06. The Morgan fingerprint density at radius 3 is 2.90 bits per heavy atom. The molecule has 0 fully saturated rings. The predicted octanol–water partition coefficient (Wildman–Crippen LogP) is 3.38. The van der Waals surface area contributed by atoms with Crippen molar-refractivity contribution in [1.82, 2.24) is 4.98 Å². The van der Waals surface area contributed by atoms with Crippen LogP contribution in [0.5, 0.6) is 5.75 Å². The molecule has 2 rings (SSSR count). The highest BCUT2D eigenvalue weighted by molar-refractivity contribution is 7.15. The summed E-state index contributed by atoms with van der Waals surface area (Å²) in [5.74, 6) is 0.588. The number of aromatic nitrogens is 1. The fourth-order valence-corrected chi connectivity index (χ4v) is 2.59. The molecule has 0 unspecified atom stereocenters. The Labute approximate surface area is 125 Å². The van der Waals surface area contributed by atoms with E-state index in [1.54, 1.807) is 25.4 Å². The van der Waals surface area contributed by atoms with Gasteiger partial charge in [0.2, 0.25) is 5.91 Å². The zero-order chi connectivity index (χ0) is 14.5. The Balaban J connectivity index is 2.13. The summed E-state index contributed by atoms with van der Waals surface area (Å²) in [5, 5.41) is 5.98. The van der Waals surface area contributed by atoms with Crippen molar-refractivity contribution in [2.75, 3.05) is 17.7 Å². The van der Waals surface area contributed by atoms with Crippen molar-refractivity contribution < 1.29 is 9.53 Å². The molecule has 106 valence electrons. The van der Waals surface area contributed by atoms with Gasteiger partial charge in [-0.2, -0.15) is 0 Å². The summed E-state index contributed by atoms with van der Waals surface area (Å²) >= 11 is 7.21. The maximum absolute atomic E-state index is 11.1. The number of nitrogens with one attached hydrogen (secondary N) is 2. The molecule has 5 nitrogen and oxygen atoms in total. The van der Waals surface area contributed by atoms with Crippen LogP contribution in [-0.4, -0.2) is 18.0 Å². The second-order valence-corrected chi connectivity index (χ2v) is 5.73. The number of carbonyl (C=O) groups is 1. The Morgan fingerprint density at radius 1 is 1.50 bits per heavy atom. The molecule has 0 bridgehead atoms. The molecular formula is C13H14ClN3O2S. The topological polar surface area (TPSA) is 63.2 Å². The van der Waals surface area contributed by atoms with Crippen molar-refractivity contribution in [2.45, 2.75) is 13.5 Å². The summed E-state index contributed by atoms with van der Waals surface area (Å²) < 4.78 is 5.80. The summed E-state index contributed by atoms with van der Waals surface area (Å²) in [5.41, 5.74) is 1.51. The minimum atomic E-state index is -0.115. The van der Waals surface area contributed by atoms with E-state index in [0.717, 1.165) is 10.6 Å². The molecule has 20 heavy (non-hydrogen) atoms. The van der Waals surface area contributed by atoms with E-state index in [4.69, 9.17) is 16.3 Å². The van der Waals surface area contributed by atoms with Crippen LogP contribution in [0.2, 0.25) is 4.47 Å². The van der Waals surface area contributed by atoms with E-state index in [9.17, 15) is 4.79 Å². The van der Waals surface area contributed by atoms with E-state index in [1.165, 1.54) is 18.3 Å². The standard InChI is InChI=1S/C13H14ClN3O2S/c1-8(18)17-9-3-4-12(19-2)11(5-9)15-6-10-7-16-13(14)20-10/h3-5,7,15H,6H2,1-2H3,(H,17,18). The zero-order valence-corrected chi connectivity index (χ0v) is 12.6. The van der Waals surface area contributed by atoms with Gasteiger partial charge in [0.15, 0.2) is 4.47 Å². The fourth-order valence-electron chi connectivity index (χ4n) is 1.67. The second kappa shape index (κ2) is 6.58. The zero-order valence-electron chi connectivity index (χ0n) is 11.1. The number of rotatable bonds is 5. The normalized spacial score (nSPS) is 10.2. The first-order valence-corrected chi connectivity index (χ1v) is 7.07. The summed E-state index contributed by atoms with van der Waals surface area (Å²) in [6.07, 6.45) is 1.73. The average molecular weight is 312 g/mol. The van der Waals surface area contributed by atoms with Crippen LogP contribution in [0.25, 0.3) is 0 Å². The molecule has 0 aliphatic heterocycles. The molecule has 1 aromatic heterocycles. The number of anilines is 2. The van der Waals surface area contributed by atoms with Crippen molar-refractivity contribution in [2.24, 2.45) is 0 Å². The van der Waals surface area contributed by atoms with E-state index in [0.29, 0.717) is 22.4 Å². The van der Waals surface area contributed by atoms with Gasteiger partial charge in [0.1, 0.15) is 5.75 Å². The lowest BCUT2D eigenvalue weighted by Crippen LogP contribution is -2.07. The summed E-state index contributed by atoms with van der Waals surface area (Å²) in [7, 11) is 1.60. The van der Waals surface area contributed by atoms with Gasteiger partial charge in [-0.25, -0.2) is 4.98 Å². The van der Waals surface area contributed by atoms with E-state index in [-0.39, 0.29) is 5.91 Å². The van der Waals surface area contributed by atoms with Gasteiger partial charge >= 0.3 is 0 Å². The highest BCUT2D eigenvalue weighted by atomic mass is 35.5. The van der Waals surface area contributed by atoms with Gasteiger partial charge in [-0.05, 0) is 18.2 Å². The molecule has 0 radical (unpaired) electrons. The highest BCUT2D eigenvalue weighted by Crippen LogP contribution is 2.29. The monoisotopic (exact) mass is 311 g/mol. The molecule has 0 aliphatic rings. The van der Waals surface area contributed by atoms with E-state index in [2.05, 4.69) is 15.6 Å². The summed E-state index contributed by atoms with van der Waals surface area (Å²) in [6, 6.07) is 5.41. The number of hydrogen-bond donors (Lipinski definition) is 2. The maximum Gasteiger partial charge on any atom is 0.221 e. The van der Waals surface area contributed by atoms with Crippen LogP contribution in [-0.2, 0) is 11.3 Å². The van der Waals surface area contributed by atoms with Gasteiger partial charge in [0.25, 0.3) is 0 Å². The molecule has 2 aromatic rings. The van der Waals surface area contributed by atoms with Gasteiger partial charge in [0.05, 0.1) is 19.3 Å². The molecule has 0 aliphatic carbocycles. The number of nitrogens with zero attached hydrogens (tertiary/aromatic N) is 1. The Morgan fingerprint density at radius 2 is 2.30 bits per heavy atom. The SMILES string of the molecule is COc1ccc(NC(C)=O)cc1NCc1cnc(Cl)s1. The molecule has 0 spiro atoms. The lowest BCUT2D eigenvalue weighted by molar-refractivity contribution is -0.114. The van der Waals surface area contributed by atoms with E-state index < -0.39 is 0 Å². The van der Waals surface area contributed by atoms with Gasteiger partial charge in [-0.1, -0.05) is 11.6 Å². The van der Waals surface area contributed by atoms with E-state index in [1.807, 2.05) is 6.07 Å². The molecule has 2 N–H and O–H groups in total. The van der Waals surface area contributed by atoms with Crippen LogP contribution >= 0.6 is 22.9 Å². The number of hydrogen-bond acceptors (Lipinski definition) is 5. The minimum absolute atomic E-state index is 0.115. The van der Waals surface area contributed by atoms with Crippen LogP contribution in [0.4, 0.5) is 11.4 Å². The number of thiazole rings is 1. The smallest absolute Gasteiger partial charge is 0.221 e. The first-order chi connectivity index (χ1) is 9.58. The lowest BCUT2D eigenvalue weighted by atomic mass is 10.2. The van der Waals surface area contributed by atoms with Crippen molar-refractivity contribution in [3.8, 4) is 5.75 Å². The average Bonchev–Trinajstić information content (AvgIpc) is 2.82. The van der Waals surface area contributed by atoms with Crippen LogP contribution in [0.3, 0.4) is 0 Å². The molecule has 0 saturated heterocycles.